The van der Waals surface area contributed by atoms with Crippen molar-refractivity contribution in [1.82, 2.24) is 0 Å². The van der Waals surface area contributed by atoms with Gasteiger partial charge in [-0.2, -0.15) is 24.6 Å². The Hall–Kier alpha value is -6.25. The third-order valence-corrected chi connectivity index (χ3v) is 8.05. The van der Waals surface area contributed by atoms with Gasteiger partial charge in [0, 0.05) is 29.9 Å². The molecule has 0 bridgehead atoms. The second kappa shape index (κ2) is 17.4. The van der Waals surface area contributed by atoms with Crippen molar-refractivity contribution in [3.05, 3.63) is 124 Å². The van der Waals surface area contributed by atoms with E-state index in [0.29, 0.717) is 23.5 Å². The van der Waals surface area contributed by atoms with Gasteiger partial charge in [-0.15, -0.1) is 0 Å². The molecular weight excluding hydrogens is 657 g/mol. The number of furan rings is 1. The summed E-state index contributed by atoms with van der Waals surface area (Å²) in [5, 5.41) is 28.2. The fourth-order valence-electron chi connectivity index (χ4n) is 5.33. The number of benzene rings is 2. The molecule has 2 heterocycles. The fourth-order valence-corrected chi connectivity index (χ4v) is 5.33. The minimum absolute atomic E-state index is 0.0159. The van der Waals surface area contributed by atoms with Gasteiger partial charge in [0.2, 0.25) is 0 Å². The average molecular weight is 693 g/mol. The van der Waals surface area contributed by atoms with Gasteiger partial charge in [-0.1, -0.05) is 30.3 Å². The molecule has 0 radical (unpaired) electrons. The van der Waals surface area contributed by atoms with Gasteiger partial charge < -0.3 is 18.8 Å². The Labute approximate surface area is 294 Å². The lowest BCUT2D eigenvalue weighted by molar-refractivity contribution is 0.0498. The number of hydrogen-bond acceptors (Lipinski definition) is 8. The van der Waals surface area contributed by atoms with E-state index < -0.39 is 23.5 Å². The van der Waals surface area contributed by atoms with E-state index in [4.69, 9.17) is 13.9 Å². The quantitative estimate of drug-likeness (QED) is 0.0929. The van der Waals surface area contributed by atoms with Crippen LogP contribution in [0.1, 0.15) is 73.0 Å². The van der Waals surface area contributed by atoms with Gasteiger partial charge in [0.15, 0.2) is 17.2 Å². The summed E-state index contributed by atoms with van der Waals surface area (Å²) in [6.07, 6.45) is 7.17. The second-order valence-corrected chi connectivity index (χ2v) is 11.9. The third kappa shape index (κ3) is 9.68. The highest BCUT2D eigenvalue weighted by Crippen LogP contribution is 2.40. The molecule has 0 atom stereocenters. The predicted molar refractivity (Wildman–Crippen MR) is 188 cm³/mol. The largest absolute Gasteiger partial charge is 0.480 e. The van der Waals surface area contributed by atoms with E-state index >= 15 is 0 Å². The van der Waals surface area contributed by atoms with E-state index in [-0.39, 0.29) is 34.6 Å². The number of hydrogen-bond donors (Lipinski definition) is 0. The molecule has 11 heteroatoms. The molecule has 0 saturated carbocycles. The van der Waals surface area contributed by atoms with Crippen molar-refractivity contribution in [3.63, 3.8) is 0 Å². The highest BCUT2D eigenvalue weighted by atomic mass is 19.3. The molecule has 1 aliphatic heterocycles. The average Bonchev–Trinajstić information content (AvgIpc) is 3.70. The van der Waals surface area contributed by atoms with Crippen LogP contribution in [0, 0.1) is 34.0 Å². The molecule has 1 aromatic heterocycles. The highest BCUT2D eigenvalue weighted by molar-refractivity contribution is 5.89. The number of rotatable bonds is 14. The SMILES string of the molecule is CCN(CCCCCOC(=O)c1ccc(C(F)=C(F)F)cc1)c1ccc(C=Cc2ccc(C=CC3=C(C#N)C(=C(C#N)C#N)OC3(C)C)o2)cc1. The van der Waals surface area contributed by atoms with E-state index in [9.17, 15) is 33.8 Å². The first-order valence-electron chi connectivity index (χ1n) is 16.2. The number of unbranched alkanes of at least 4 members (excludes halogenated alkanes) is 2. The smallest absolute Gasteiger partial charge is 0.338 e. The number of carbonyl (C=O) groups is 1. The van der Waals surface area contributed by atoms with Gasteiger partial charge >= 0.3 is 12.0 Å². The van der Waals surface area contributed by atoms with Crippen molar-refractivity contribution in [2.24, 2.45) is 0 Å². The normalized spacial score (nSPS) is 13.4. The molecule has 8 nitrogen and oxygen atoms in total. The summed E-state index contributed by atoms with van der Waals surface area (Å²) in [7, 11) is 0. The standard InChI is InChI=1S/C40H35F3N4O4/c1-4-47(22-6-5-7-23-49-39(48)29-13-11-28(12-14-29)36(41)38(42)43)31-15-8-27(9-16-31)10-17-32-18-19-33(50-32)20-21-35-34(26-46)37(30(24-44)25-45)51-40(35,2)3/h8-21H,4-7,22-23H2,1-3H3. The molecule has 1 aliphatic rings. The number of allylic oxidation sites excluding steroid dienone is 2. The van der Waals surface area contributed by atoms with E-state index in [1.165, 1.54) is 12.1 Å². The minimum Gasteiger partial charge on any atom is -0.480 e. The Balaban J connectivity index is 1.25. The Bertz CT molecular complexity index is 2000. The number of carbonyl (C=O) groups excluding carboxylic acids is 1. The van der Waals surface area contributed by atoms with Crippen LogP contribution in [0.15, 0.2) is 99.7 Å². The van der Waals surface area contributed by atoms with Crippen molar-refractivity contribution in [2.45, 2.75) is 45.6 Å². The van der Waals surface area contributed by atoms with Gasteiger partial charge in [0.25, 0.3) is 0 Å². The van der Waals surface area contributed by atoms with Crippen LogP contribution in [-0.2, 0) is 9.47 Å². The molecule has 0 amide bonds. The fraction of sp³-hybridized carbons (Fsp3) is 0.250. The van der Waals surface area contributed by atoms with Crippen molar-refractivity contribution in [3.8, 4) is 18.2 Å². The lowest BCUT2D eigenvalue weighted by Crippen LogP contribution is -2.23. The number of nitrogens with zero attached hydrogens (tertiary/aromatic N) is 4. The monoisotopic (exact) mass is 692 g/mol. The zero-order chi connectivity index (χ0) is 37.0. The predicted octanol–water partition coefficient (Wildman–Crippen LogP) is 9.78. The summed E-state index contributed by atoms with van der Waals surface area (Å²) in [5.74, 6) is -1.04. The van der Waals surface area contributed by atoms with Crippen molar-refractivity contribution in [2.75, 3.05) is 24.6 Å². The van der Waals surface area contributed by atoms with Crippen LogP contribution in [0.4, 0.5) is 18.9 Å². The van der Waals surface area contributed by atoms with E-state index in [1.807, 2.05) is 30.4 Å². The lowest BCUT2D eigenvalue weighted by atomic mass is 9.94. The Morgan fingerprint density at radius 1 is 0.843 bits per heavy atom. The number of anilines is 1. The van der Waals surface area contributed by atoms with Crippen LogP contribution in [0.2, 0.25) is 0 Å². The molecule has 260 valence electrons. The van der Waals surface area contributed by atoms with Crippen LogP contribution in [0.25, 0.3) is 24.1 Å². The molecular formula is C40H35F3N4O4. The van der Waals surface area contributed by atoms with Crippen molar-refractivity contribution in [1.29, 1.82) is 15.8 Å². The zero-order valence-electron chi connectivity index (χ0n) is 28.4. The van der Waals surface area contributed by atoms with Crippen molar-refractivity contribution < 1.29 is 31.9 Å². The van der Waals surface area contributed by atoms with Crippen molar-refractivity contribution >= 4 is 35.7 Å². The van der Waals surface area contributed by atoms with Gasteiger partial charge in [-0.3, -0.25) is 0 Å². The Kier molecular flexibility index (Phi) is 12.8. The number of nitriles is 3. The number of esters is 1. The molecule has 0 spiro atoms. The van der Waals surface area contributed by atoms with Gasteiger partial charge in [0.05, 0.1) is 12.2 Å². The van der Waals surface area contributed by atoms with Crippen LogP contribution in [0.3, 0.4) is 0 Å². The molecule has 51 heavy (non-hydrogen) atoms. The second-order valence-electron chi connectivity index (χ2n) is 11.9. The lowest BCUT2D eigenvalue weighted by Gasteiger charge is -2.23. The first-order valence-corrected chi connectivity index (χ1v) is 16.2. The molecule has 0 fully saturated rings. The summed E-state index contributed by atoms with van der Waals surface area (Å²) in [6, 6.07) is 22.1. The first kappa shape index (κ1) is 37.6. The molecule has 0 unspecified atom stereocenters. The molecule has 0 N–H and O–H groups in total. The zero-order valence-corrected chi connectivity index (χ0v) is 28.4. The summed E-state index contributed by atoms with van der Waals surface area (Å²) < 4.78 is 55.1. The molecule has 3 aromatic rings. The maximum atomic E-state index is 13.3. The van der Waals surface area contributed by atoms with E-state index in [0.717, 1.165) is 49.3 Å². The number of halogens is 3. The van der Waals surface area contributed by atoms with Crippen LogP contribution >= 0.6 is 0 Å². The third-order valence-electron chi connectivity index (χ3n) is 8.05. The summed E-state index contributed by atoms with van der Waals surface area (Å²) in [5.41, 5.74) is 1.44. The maximum absolute atomic E-state index is 13.3. The first-order chi connectivity index (χ1) is 24.5. The minimum atomic E-state index is -2.41. The molecule has 4 rings (SSSR count). The summed E-state index contributed by atoms with van der Waals surface area (Å²) in [4.78, 5) is 14.5. The molecule has 2 aromatic carbocycles. The van der Waals surface area contributed by atoms with Crippen LogP contribution < -0.4 is 4.90 Å². The van der Waals surface area contributed by atoms with Gasteiger partial charge in [-0.25, -0.2) is 9.18 Å². The summed E-state index contributed by atoms with van der Waals surface area (Å²) >= 11 is 0. The Morgan fingerprint density at radius 2 is 1.47 bits per heavy atom. The Morgan fingerprint density at radius 3 is 2.06 bits per heavy atom. The summed E-state index contributed by atoms with van der Waals surface area (Å²) in [6.45, 7) is 7.45. The maximum Gasteiger partial charge on any atom is 0.338 e. The number of ether oxygens (including phenoxy) is 2. The molecule has 0 saturated heterocycles. The van der Waals surface area contributed by atoms with Gasteiger partial charge in [-0.05, 0) is 100 Å². The van der Waals surface area contributed by atoms with Crippen LogP contribution in [-0.4, -0.2) is 31.3 Å². The van der Waals surface area contributed by atoms with Gasteiger partial charge in [0.1, 0.15) is 40.9 Å². The van der Waals surface area contributed by atoms with E-state index in [2.05, 4.69) is 30.0 Å². The van der Waals surface area contributed by atoms with Crippen LogP contribution in [0.5, 0.6) is 0 Å². The highest BCUT2D eigenvalue weighted by Gasteiger charge is 2.38. The topological polar surface area (TPSA) is 123 Å². The van der Waals surface area contributed by atoms with E-state index in [1.54, 1.807) is 44.2 Å². The molecule has 0 aliphatic carbocycles.